The Kier molecular flexibility index (Phi) is 10.4. The van der Waals surface area contributed by atoms with Crippen molar-refractivity contribution in [1.82, 2.24) is 4.57 Å². The van der Waals surface area contributed by atoms with Gasteiger partial charge in [-0.25, -0.2) is 0 Å². The molecule has 1 aromatic heterocycles. The molecule has 8 aromatic rings. The van der Waals surface area contributed by atoms with Gasteiger partial charge in [-0.05, 0) is 82.8 Å². The maximum absolute atomic E-state index is 8.39. The molecule has 1 aliphatic carbocycles. The van der Waals surface area contributed by atoms with E-state index in [2.05, 4.69) is 153 Å². The van der Waals surface area contributed by atoms with E-state index in [0.29, 0.717) is 17.5 Å². The van der Waals surface area contributed by atoms with Gasteiger partial charge >= 0.3 is 0 Å². The van der Waals surface area contributed by atoms with Gasteiger partial charge in [-0.2, -0.15) is 0 Å². The van der Waals surface area contributed by atoms with Crippen LogP contribution in [0.2, 0.25) is 0 Å². The van der Waals surface area contributed by atoms with Crippen LogP contribution in [0.25, 0.3) is 49.8 Å². The van der Waals surface area contributed by atoms with Gasteiger partial charge in [0.05, 0.1) is 22.7 Å². The summed E-state index contributed by atoms with van der Waals surface area (Å²) in [6.07, 6.45) is 7.03. The summed E-state index contributed by atoms with van der Waals surface area (Å²) in [4.78, 5) is 0. The van der Waals surface area contributed by atoms with Crippen molar-refractivity contribution >= 4 is 33.2 Å². The first-order valence-corrected chi connectivity index (χ1v) is 21.0. The van der Waals surface area contributed by atoms with E-state index in [1.165, 1.54) is 67.3 Å². The van der Waals surface area contributed by atoms with Crippen LogP contribution >= 0.6 is 0 Å². The molecular formula is C56H50N2O. The zero-order valence-corrected chi connectivity index (χ0v) is 34.3. The lowest BCUT2D eigenvalue weighted by atomic mass is 9.80. The van der Waals surface area contributed by atoms with E-state index in [9.17, 15) is 0 Å². The first-order valence-electron chi connectivity index (χ1n) is 21.0. The van der Waals surface area contributed by atoms with Crippen LogP contribution < -0.4 is 4.74 Å². The molecule has 0 radical (unpaired) electrons. The van der Waals surface area contributed by atoms with Gasteiger partial charge in [-0.3, -0.25) is 5.41 Å². The van der Waals surface area contributed by atoms with E-state index in [0.717, 1.165) is 34.6 Å². The van der Waals surface area contributed by atoms with E-state index in [4.69, 9.17) is 10.1 Å². The SMILES string of the molecule is CC[C@@H](C)Cc1ccc2c(c1)c1ccccc1n2C1=CC(C)C2C(=C1)Oc1cccc(-c3ccccc3)c12.Cc1ccccc1C(=N)c1ccc(-c2ccccc2)cc1. The van der Waals surface area contributed by atoms with Crippen molar-refractivity contribution in [3.8, 4) is 28.0 Å². The summed E-state index contributed by atoms with van der Waals surface area (Å²) in [6.45, 7) is 8.99. The van der Waals surface area contributed by atoms with Crippen LogP contribution in [0.1, 0.15) is 60.9 Å². The van der Waals surface area contributed by atoms with Crippen molar-refractivity contribution in [1.29, 1.82) is 5.41 Å². The first-order chi connectivity index (χ1) is 28.9. The smallest absolute Gasteiger partial charge is 0.131 e. The van der Waals surface area contributed by atoms with Gasteiger partial charge in [0.15, 0.2) is 0 Å². The molecule has 0 fully saturated rings. The molecule has 2 heterocycles. The van der Waals surface area contributed by atoms with E-state index in [1.807, 2.05) is 61.5 Å². The molecule has 3 atom stereocenters. The largest absolute Gasteiger partial charge is 0.461 e. The molecule has 290 valence electrons. The van der Waals surface area contributed by atoms with Crippen molar-refractivity contribution < 1.29 is 4.74 Å². The maximum atomic E-state index is 8.39. The fraction of sp³-hybridized carbons (Fsp3) is 0.161. The number of hydrogen-bond donors (Lipinski definition) is 1. The van der Waals surface area contributed by atoms with Gasteiger partial charge in [0, 0.05) is 39.2 Å². The number of rotatable bonds is 8. The van der Waals surface area contributed by atoms with Gasteiger partial charge in [0.2, 0.25) is 0 Å². The predicted octanol–water partition coefficient (Wildman–Crippen LogP) is 14.7. The topological polar surface area (TPSA) is 38.0 Å². The number of hydrogen-bond acceptors (Lipinski definition) is 2. The molecule has 0 spiro atoms. The van der Waals surface area contributed by atoms with Gasteiger partial charge in [0.1, 0.15) is 11.5 Å². The highest BCUT2D eigenvalue weighted by molar-refractivity contribution is 6.12. The molecule has 0 saturated heterocycles. The molecule has 0 amide bonds. The fourth-order valence-corrected chi connectivity index (χ4v) is 8.94. The number of nitrogens with zero attached hydrogens (tertiary/aromatic N) is 1. The Morgan fingerprint density at radius 3 is 2.08 bits per heavy atom. The summed E-state index contributed by atoms with van der Waals surface area (Å²) in [7, 11) is 0. The Balaban J connectivity index is 0.000000181. The Morgan fingerprint density at radius 1 is 0.678 bits per heavy atom. The molecule has 3 heteroatoms. The zero-order valence-electron chi connectivity index (χ0n) is 34.3. The average molecular weight is 767 g/mol. The molecule has 0 bridgehead atoms. The van der Waals surface area contributed by atoms with Crippen molar-refractivity contribution in [3.63, 3.8) is 0 Å². The normalized spacial score (nSPS) is 15.9. The molecule has 1 aliphatic heterocycles. The van der Waals surface area contributed by atoms with Crippen LogP contribution in [0.5, 0.6) is 5.75 Å². The van der Waals surface area contributed by atoms with Crippen LogP contribution in [0.15, 0.2) is 188 Å². The van der Waals surface area contributed by atoms with E-state index in [-0.39, 0.29) is 5.92 Å². The summed E-state index contributed by atoms with van der Waals surface area (Å²) in [5.74, 6) is 3.25. The first kappa shape index (κ1) is 37.8. The average Bonchev–Trinajstić information content (AvgIpc) is 3.83. The van der Waals surface area contributed by atoms with E-state index >= 15 is 0 Å². The number of ether oxygens (including phenoxy) is 1. The molecule has 2 unspecified atom stereocenters. The van der Waals surface area contributed by atoms with E-state index in [1.54, 1.807) is 0 Å². The number of para-hydroxylation sites is 1. The van der Waals surface area contributed by atoms with E-state index < -0.39 is 0 Å². The second-order valence-corrected chi connectivity index (χ2v) is 16.2. The molecule has 2 aliphatic rings. The Labute approximate surface area is 348 Å². The third kappa shape index (κ3) is 7.34. The molecule has 7 aromatic carbocycles. The minimum Gasteiger partial charge on any atom is -0.461 e. The van der Waals surface area contributed by atoms with Crippen LogP contribution in [0.4, 0.5) is 0 Å². The standard InChI is InChI=1S/C36H33NO.C20H17N/c1-4-23(2)19-25-17-18-32-30(21-25)29-13-8-9-15-31(29)37(32)27-20-24(3)35-34(22-27)38-33-16-10-14-28(36(33)35)26-11-6-5-7-12-26;1-15-7-5-6-10-19(15)20(21)18-13-11-17(12-14-18)16-8-3-2-4-9-16/h5-18,20-24,35H,4,19H2,1-3H3;2-14,21H,1H3/t23-,24?,35?;/m1./s1. The lowest BCUT2D eigenvalue weighted by Gasteiger charge is -2.25. The second-order valence-electron chi connectivity index (χ2n) is 16.2. The van der Waals surface area contributed by atoms with Crippen LogP contribution in [-0.2, 0) is 6.42 Å². The minimum absolute atomic E-state index is 0.223. The minimum atomic E-state index is 0.223. The zero-order chi connectivity index (χ0) is 40.5. The second kappa shape index (κ2) is 16.3. The third-order valence-corrected chi connectivity index (χ3v) is 12.2. The Bertz CT molecular complexity index is 2860. The molecule has 59 heavy (non-hydrogen) atoms. The number of aromatic nitrogens is 1. The third-order valence-electron chi connectivity index (χ3n) is 12.2. The molecule has 1 N–H and O–H groups in total. The molecular weight excluding hydrogens is 717 g/mol. The van der Waals surface area contributed by atoms with Crippen LogP contribution in [-0.4, -0.2) is 10.3 Å². The summed E-state index contributed by atoms with van der Waals surface area (Å²) >= 11 is 0. The number of benzene rings is 7. The van der Waals surface area contributed by atoms with Crippen molar-refractivity contribution in [2.24, 2.45) is 11.8 Å². The summed E-state index contributed by atoms with van der Waals surface area (Å²) in [6, 6.07) is 59.6. The highest BCUT2D eigenvalue weighted by atomic mass is 16.5. The predicted molar refractivity (Wildman–Crippen MR) is 248 cm³/mol. The highest BCUT2D eigenvalue weighted by Gasteiger charge is 2.38. The summed E-state index contributed by atoms with van der Waals surface area (Å²) in [5.41, 5.74) is 15.0. The lowest BCUT2D eigenvalue weighted by Crippen LogP contribution is -2.15. The number of nitrogens with one attached hydrogen (secondary N) is 1. The van der Waals surface area contributed by atoms with Gasteiger partial charge < -0.3 is 9.30 Å². The molecule has 0 saturated carbocycles. The number of fused-ring (bicyclic) bond motifs is 6. The summed E-state index contributed by atoms with van der Waals surface area (Å²) in [5, 5.41) is 11.0. The fourth-order valence-electron chi connectivity index (χ4n) is 8.94. The molecule has 10 rings (SSSR count). The number of allylic oxidation sites excluding steroid dienone is 4. The maximum Gasteiger partial charge on any atom is 0.131 e. The lowest BCUT2D eigenvalue weighted by molar-refractivity contribution is 0.404. The quantitative estimate of drug-likeness (QED) is 0.154. The monoisotopic (exact) mass is 766 g/mol. The van der Waals surface area contributed by atoms with Crippen molar-refractivity contribution in [2.75, 3.05) is 0 Å². The van der Waals surface area contributed by atoms with Crippen LogP contribution in [0, 0.1) is 24.2 Å². The van der Waals surface area contributed by atoms with Gasteiger partial charge in [-0.1, -0.05) is 179 Å². The number of aryl methyl sites for hydroxylation is 1. The van der Waals surface area contributed by atoms with Gasteiger partial charge in [-0.15, -0.1) is 0 Å². The van der Waals surface area contributed by atoms with Gasteiger partial charge in [0.25, 0.3) is 0 Å². The Hall–Kier alpha value is -6.71. The summed E-state index contributed by atoms with van der Waals surface area (Å²) < 4.78 is 9.01. The molecule has 3 nitrogen and oxygen atoms in total. The van der Waals surface area contributed by atoms with Crippen molar-refractivity contribution in [2.45, 2.75) is 46.5 Å². The van der Waals surface area contributed by atoms with Crippen molar-refractivity contribution in [3.05, 3.63) is 216 Å². The Morgan fingerprint density at radius 2 is 1.34 bits per heavy atom. The van der Waals surface area contributed by atoms with Crippen LogP contribution in [0.3, 0.4) is 0 Å². The highest BCUT2D eigenvalue weighted by Crippen LogP contribution is 2.52.